The van der Waals surface area contributed by atoms with Crippen LogP contribution in [0.4, 0.5) is 17.1 Å². The summed E-state index contributed by atoms with van der Waals surface area (Å²) >= 11 is 0. The van der Waals surface area contributed by atoms with Crippen LogP contribution in [0.25, 0.3) is 22.8 Å². The molecule has 6 aromatic rings. The van der Waals surface area contributed by atoms with Crippen molar-refractivity contribution < 1.29 is 0 Å². The number of aryl methyl sites for hydroxylation is 1. The highest BCUT2D eigenvalue weighted by Gasteiger charge is 2.12. The first-order chi connectivity index (χ1) is 19.7. The largest absolute Gasteiger partial charge is 0.311 e. The van der Waals surface area contributed by atoms with Crippen molar-refractivity contribution in [2.24, 2.45) is 0 Å². The van der Waals surface area contributed by atoms with Gasteiger partial charge in [-0.2, -0.15) is 0 Å². The van der Waals surface area contributed by atoms with Crippen molar-refractivity contribution in [1.82, 2.24) is 0 Å². The molecule has 0 aliphatic heterocycles. The number of hydrogen-bond acceptors (Lipinski definition) is 1. The molecule has 40 heavy (non-hydrogen) atoms. The van der Waals surface area contributed by atoms with E-state index in [1.807, 2.05) is 0 Å². The third kappa shape index (κ3) is 5.65. The molecule has 0 fully saturated rings. The van der Waals surface area contributed by atoms with E-state index in [9.17, 15) is 0 Å². The van der Waals surface area contributed by atoms with Crippen LogP contribution in [0.5, 0.6) is 0 Å². The van der Waals surface area contributed by atoms with Crippen molar-refractivity contribution in [3.05, 3.63) is 186 Å². The zero-order valence-corrected chi connectivity index (χ0v) is 22.6. The Hall–Kier alpha value is -5.14. The van der Waals surface area contributed by atoms with Gasteiger partial charge in [0.05, 0.1) is 0 Å². The second-order valence-corrected chi connectivity index (χ2v) is 9.97. The van der Waals surface area contributed by atoms with Crippen LogP contribution < -0.4 is 4.90 Å². The number of rotatable bonds is 7. The first-order valence-electron chi connectivity index (χ1n) is 13.7. The SMILES string of the molecule is Cc1ccc(-c2cccc(C(=Cc3ccc(N(c4ccccc4)c4ccccc4)cc3)c3ccccc3)c2)cc1. The van der Waals surface area contributed by atoms with Gasteiger partial charge in [-0.05, 0) is 88.9 Å². The van der Waals surface area contributed by atoms with Gasteiger partial charge in [-0.15, -0.1) is 0 Å². The fraction of sp³-hybridized carbons (Fsp3) is 0.0256. The van der Waals surface area contributed by atoms with Gasteiger partial charge in [-0.3, -0.25) is 0 Å². The zero-order valence-electron chi connectivity index (χ0n) is 22.6. The Bertz CT molecular complexity index is 1660. The summed E-state index contributed by atoms with van der Waals surface area (Å²) < 4.78 is 0. The topological polar surface area (TPSA) is 3.24 Å². The van der Waals surface area contributed by atoms with Gasteiger partial charge in [0, 0.05) is 17.1 Å². The quantitative estimate of drug-likeness (QED) is 0.192. The summed E-state index contributed by atoms with van der Waals surface area (Å²) in [6, 6.07) is 58.1. The van der Waals surface area contributed by atoms with E-state index in [-0.39, 0.29) is 0 Å². The molecule has 0 heterocycles. The average molecular weight is 514 g/mol. The predicted octanol–water partition coefficient (Wildman–Crippen LogP) is 10.7. The first kappa shape index (κ1) is 25.2. The fourth-order valence-corrected chi connectivity index (χ4v) is 5.05. The van der Waals surface area contributed by atoms with E-state index < -0.39 is 0 Å². The molecule has 192 valence electrons. The maximum Gasteiger partial charge on any atom is 0.0462 e. The van der Waals surface area contributed by atoms with E-state index in [4.69, 9.17) is 0 Å². The molecule has 1 heteroatoms. The van der Waals surface area contributed by atoms with Gasteiger partial charge < -0.3 is 4.90 Å². The number of nitrogens with zero attached hydrogens (tertiary/aromatic N) is 1. The van der Waals surface area contributed by atoms with Crippen molar-refractivity contribution in [2.45, 2.75) is 6.92 Å². The Balaban J connectivity index is 1.40. The molecule has 0 saturated heterocycles. The molecule has 6 aromatic carbocycles. The molecule has 0 amide bonds. The summed E-state index contributed by atoms with van der Waals surface area (Å²) in [6.45, 7) is 2.13. The monoisotopic (exact) mass is 513 g/mol. The zero-order chi connectivity index (χ0) is 27.1. The molecule has 0 spiro atoms. The molecule has 0 bridgehead atoms. The lowest BCUT2D eigenvalue weighted by Gasteiger charge is -2.25. The highest BCUT2D eigenvalue weighted by Crippen LogP contribution is 2.35. The average Bonchev–Trinajstić information content (AvgIpc) is 3.03. The van der Waals surface area contributed by atoms with Gasteiger partial charge in [0.15, 0.2) is 0 Å². The van der Waals surface area contributed by atoms with E-state index in [2.05, 4.69) is 182 Å². The van der Waals surface area contributed by atoms with Crippen LogP contribution >= 0.6 is 0 Å². The predicted molar refractivity (Wildman–Crippen MR) is 171 cm³/mol. The molecule has 0 N–H and O–H groups in total. The van der Waals surface area contributed by atoms with Gasteiger partial charge in [0.2, 0.25) is 0 Å². The van der Waals surface area contributed by atoms with E-state index in [1.54, 1.807) is 0 Å². The molecule has 6 rings (SSSR count). The van der Waals surface area contributed by atoms with Crippen molar-refractivity contribution in [3.8, 4) is 11.1 Å². The third-order valence-corrected chi connectivity index (χ3v) is 7.13. The summed E-state index contributed by atoms with van der Waals surface area (Å²) in [6.07, 6.45) is 2.29. The van der Waals surface area contributed by atoms with Crippen molar-refractivity contribution in [1.29, 1.82) is 0 Å². The number of benzene rings is 6. The fourth-order valence-electron chi connectivity index (χ4n) is 5.05. The van der Waals surface area contributed by atoms with Gasteiger partial charge in [0.25, 0.3) is 0 Å². The minimum absolute atomic E-state index is 1.12. The summed E-state index contributed by atoms with van der Waals surface area (Å²) in [4.78, 5) is 2.29. The van der Waals surface area contributed by atoms with E-state index in [0.717, 1.165) is 22.6 Å². The Labute approximate surface area is 237 Å². The van der Waals surface area contributed by atoms with Crippen LogP contribution in [-0.2, 0) is 0 Å². The standard InChI is InChI=1S/C39H31N/c1-30-20-24-32(25-21-30)34-14-11-15-35(29-34)39(33-12-5-2-6-13-33)28-31-22-26-38(27-23-31)40(36-16-7-3-8-17-36)37-18-9-4-10-19-37/h2-29H,1H3. The first-order valence-corrected chi connectivity index (χ1v) is 13.7. The molecule has 1 nitrogen and oxygen atoms in total. The van der Waals surface area contributed by atoms with E-state index in [0.29, 0.717) is 0 Å². The minimum atomic E-state index is 1.12. The van der Waals surface area contributed by atoms with Crippen LogP contribution in [0, 0.1) is 6.92 Å². The summed E-state index contributed by atoms with van der Waals surface area (Å²) in [5.41, 5.74) is 11.9. The molecular weight excluding hydrogens is 482 g/mol. The lowest BCUT2D eigenvalue weighted by Crippen LogP contribution is -2.09. The molecular formula is C39H31N. The van der Waals surface area contributed by atoms with Gasteiger partial charge in [-0.1, -0.05) is 127 Å². The Morgan fingerprint density at radius 1 is 0.450 bits per heavy atom. The maximum atomic E-state index is 2.30. The minimum Gasteiger partial charge on any atom is -0.311 e. The van der Waals surface area contributed by atoms with E-state index >= 15 is 0 Å². The maximum absolute atomic E-state index is 2.30. The molecule has 0 radical (unpaired) electrons. The lowest BCUT2D eigenvalue weighted by atomic mass is 9.93. The summed E-state index contributed by atoms with van der Waals surface area (Å²) in [7, 11) is 0. The summed E-state index contributed by atoms with van der Waals surface area (Å²) in [5, 5.41) is 0. The van der Waals surface area contributed by atoms with Crippen molar-refractivity contribution in [3.63, 3.8) is 0 Å². The molecule has 0 unspecified atom stereocenters. The normalized spacial score (nSPS) is 11.3. The van der Waals surface area contributed by atoms with Gasteiger partial charge in [0.1, 0.15) is 0 Å². The Morgan fingerprint density at radius 2 is 0.975 bits per heavy atom. The highest BCUT2D eigenvalue weighted by atomic mass is 15.1. The molecule has 0 aliphatic carbocycles. The van der Waals surface area contributed by atoms with Crippen LogP contribution in [0.3, 0.4) is 0 Å². The van der Waals surface area contributed by atoms with Crippen molar-refractivity contribution in [2.75, 3.05) is 4.90 Å². The smallest absolute Gasteiger partial charge is 0.0462 e. The van der Waals surface area contributed by atoms with E-state index in [1.165, 1.54) is 33.4 Å². The highest BCUT2D eigenvalue weighted by molar-refractivity contribution is 5.92. The third-order valence-electron chi connectivity index (χ3n) is 7.13. The van der Waals surface area contributed by atoms with Crippen LogP contribution in [0.15, 0.2) is 164 Å². The molecule has 0 aromatic heterocycles. The summed E-state index contributed by atoms with van der Waals surface area (Å²) in [5.74, 6) is 0. The number of hydrogen-bond donors (Lipinski definition) is 0. The van der Waals surface area contributed by atoms with Crippen LogP contribution in [0.1, 0.15) is 22.3 Å². The molecule has 0 saturated carbocycles. The Morgan fingerprint density at radius 3 is 1.57 bits per heavy atom. The lowest BCUT2D eigenvalue weighted by molar-refractivity contribution is 1.28. The van der Waals surface area contributed by atoms with Crippen molar-refractivity contribution >= 4 is 28.7 Å². The Kier molecular flexibility index (Phi) is 7.37. The second kappa shape index (κ2) is 11.7. The van der Waals surface area contributed by atoms with Gasteiger partial charge in [-0.25, -0.2) is 0 Å². The molecule has 0 atom stereocenters. The van der Waals surface area contributed by atoms with Crippen LogP contribution in [0.2, 0.25) is 0 Å². The van der Waals surface area contributed by atoms with Gasteiger partial charge >= 0.3 is 0 Å². The number of anilines is 3. The molecule has 0 aliphatic rings. The number of para-hydroxylation sites is 2. The second-order valence-electron chi connectivity index (χ2n) is 9.97. The van der Waals surface area contributed by atoms with Crippen LogP contribution in [-0.4, -0.2) is 0 Å².